The van der Waals surface area contributed by atoms with Crippen molar-refractivity contribution in [2.75, 3.05) is 21.2 Å². The first-order valence-corrected chi connectivity index (χ1v) is 13.7. The fraction of sp³-hybridized carbons (Fsp3) is 0.438. The maximum Gasteiger partial charge on any atom is 0.306 e. The van der Waals surface area contributed by atoms with E-state index in [1.807, 2.05) is 33.2 Å². The van der Waals surface area contributed by atoms with Crippen LogP contribution in [0.15, 0.2) is 48.7 Å². The molecule has 5 rings (SSSR count). The number of aliphatic carboxylic acids is 1. The molecule has 1 fully saturated rings. The summed E-state index contributed by atoms with van der Waals surface area (Å²) in [7, 11) is 5.54. The summed E-state index contributed by atoms with van der Waals surface area (Å²) in [6.07, 6.45) is 4.90. The molecule has 2 aliphatic rings. The van der Waals surface area contributed by atoms with Gasteiger partial charge in [-0.05, 0) is 98.5 Å². The molecule has 3 aromatic rings. The average molecular weight is 533 g/mol. The number of rotatable bonds is 9. The molecule has 1 aromatic heterocycles. The van der Waals surface area contributed by atoms with Gasteiger partial charge in [0.1, 0.15) is 17.7 Å². The predicted octanol–water partition coefficient (Wildman–Crippen LogP) is 6.80. The van der Waals surface area contributed by atoms with Crippen LogP contribution in [-0.2, 0) is 11.2 Å². The molecule has 0 unspecified atom stereocenters. The number of nitrogens with zero attached hydrogens (tertiary/aromatic N) is 2. The lowest BCUT2D eigenvalue weighted by atomic mass is 9.82. The van der Waals surface area contributed by atoms with E-state index in [0.717, 1.165) is 59.3 Å². The molecule has 7 heteroatoms. The standard InChI is InChI=1S/C32H37FN2O4/c1-18(32(36)37)31(21-7-8-21)23-9-6-20-11-13-28(39-29(20)15-23)22-10-12-24(25(14-22)19(2)35(3)4)26-16-30(38-5)34-17-27(26)33/h6,9-10,12,14-19,21,28,31H,7-8,11,13H2,1-5H3,(H,36,37)/t18-,19-,28-,31-/m0/s1. The molecular formula is C32H37FN2O4. The Labute approximate surface area is 229 Å². The zero-order valence-electron chi connectivity index (χ0n) is 23.3. The van der Waals surface area contributed by atoms with Crippen molar-refractivity contribution in [3.63, 3.8) is 0 Å². The first-order chi connectivity index (χ1) is 18.7. The number of carboxylic acid groups (broad SMARTS) is 1. The molecule has 0 spiro atoms. The zero-order valence-corrected chi connectivity index (χ0v) is 23.3. The van der Waals surface area contributed by atoms with Crippen molar-refractivity contribution >= 4 is 5.97 Å². The van der Waals surface area contributed by atoms with Gasteiger partial charge in [0, 0.05) is 17.7 Å². The van der Waals surface area contributed by atoms with Gasteiger partial charge in [-0.3, -0.25) is 4.79 Å². The van der Waals surface area contributed by atoms with Crippen LogP contribution in [0, 0.1) is 17.7 Å². The minimum Gasteiger partial charge on any atom is -0.485 e. The summed E-state index contributed by atoms with van der Waals surface area (Å²) in [6, 6.07) is 14.0. The van der Waals surface area contributed by atoms with E-state index < -0.39 is 17.7 Å². The number of methoxy groups -OCH3 is 1. The number of hydrogen-bond donors (Lipinski definition) is 1. The summed E-state index contributed by atoms with van der Waals surface area (Å²) in [5.41, 5.74) is 5.49. The molecule has 1 saturated carbocycles. The summed E-state index contributed by atoms with van der Waals surface area (Å²) in [5.74, 6) is 0.0251. The van der Waals surface area contributed by atoms with Crippen LogP contribution in [0.4, 0.5) is 4.39 Å². The van der Waals surface area contributed by atoms with Crippen LogP contribution >= 0.6 is 0 Å². The Morgan fingerprint density at radius 2 is 1.87 bits per heavy atom. The van der Waals surface area contributed by atoms with Crippen molar-refractivity contribution < 1.29 is 23.8 Å². The molecule has 0 bridgehead atoms. The average Bonchev–Trinajstić information content (AvgIpc) is 3.77. The van der Waals surface area contributed by atoms with Gasteiger partial charge in [-0.25, -0.2) is 9.37 Å². The molecule has 1 aliphatic carbocycles. The molecule has 1 N–H and O–H groups in total. The number of ether oxygens (including phenoxy) is 2. The number of carboxylic acids is 1. The molecule has 2 aromatic carbocycles. The lowest BCUT2D eigenvalue weighted by molar-refractivity contribution is -0.142. The molecule has 0 saturated heterocycles. The van der Waals surface area contributed by atoms with E-state index in [4.69, 9.17) is 9.47 Å². The van der Waals surface area contributed by atoms with Gasteiger partial charge >= 0.3 is 5.97 Å². The maximum absolute atomic E-state index is 14.9. The van der Waals surface area contributed by atoms with E-state index in [-0.39, 0.29) is 18.1 Å². The third-order valence-electron chi connectivity index (χ3n) is 8.48. The third-order valence-corrected chi connectivity index (χ3v) is 8.48. The summed E-state index contributed by atoms with van der Waals surface area (Å²) >= 11 is 0. The van der Waals surface area contributed by atoms with Crippen molar-refractivity contribution in [2.45, 2.75) is 57.6 Å². The van der Waals surface area contributed by atoms with E-state index in [0.29, 0.717) is 17.4 Å². The van der Waals surface area contributed by atoms with Gasteiger partial charge in [0.2, 0.25) is 5.88 Å². The van der Waals surface area contributed by atoms with E-state index >= 15 is 0 Å². The lowest BCUT2D eigenvalue weighted by Gasteiger charge is -2.30. The highest BCUT2D eigenvalue weighted by molar-refractivity contribution is 5.71. The summed E-state index contributed by atoms with van der Waals surface area (Å²) in [6.45, 7) is 3.91. The second-order valence-electron chi connectivity index (χ2n) is 11.2. The van der Waals surface area contributed by atoms with Gasteiger partial charge in [-0.15, -0.1) is 0 Å². The fourth-order valence-corrected chi connectivity index (χ4v) is 5.79. The quantitative estimate of drug-likeness (QED) is 0.327. The second kappa shape index (κ2) is 11.0. The fourth-order valence-electron chi connectivity index (χ4n) is 5.79. The number of pyridine rings is 1. The number of aryl methyl sites for hydroxylation is 1. The smallest absolute Gasteiger partial charge is 0.306 e. The number of carbonyl (C=O) groups is 1. The molecule has 0 radical (unpaired) electrons. The van der Waals surface area contributed by atoms with Gasteiger partial charge in [0.15, 0.2) is 0 Å². The van der Waals surface area contributed by atoms with Crippen LogP contribution in [0.2, 0.25) is 0 Å². The van der Waals surface area contributed by atoms with Gasteiger partial charge < -0.3 is 19.5 Å². The van der Waals surface area contributed by atoms with E-state index in [2.05, 4.69) is 41.1 Å². The lowest BCUT2D eigenvalue weighted by Crippen LogP contribution is -2.22. The largest absolute Gasteiger partial charge is 0.485 e. The van der Waals surface area contributed by atoms with E-state index in [1.165, 1.54) is 13.3 Å². The highest BCUT2D eigenvalue weighted by Gasteiger charge is 2.39. The second-order valence-corrected chi connectivity index (χ2v) is 11.2. The Kier molecular flexibility index (Phi) is 7.63. The van der Waals surface area contributed by atoms with Gasteiger partial charge in [0.05, 0.1) is 19.2 Å². The van der Waals surface area contributed by atoms with Crippen molar-refractivity contribution in [2.24, 2.45) is 11.8 Å². The van der Waals surface area contributed by atoms with Gasteiger partial charge in [0.25, 0.3) is 0 Å². The number of hydrogen-bond acceptors (Lipinski definition) is 5. The number of halogens is 1. The van der Waals surface area contributed by atoms with Crippen molar-refractivity contribution in [1.29, 1.82) is 0 Å². The normalized spacial score (nSPS) is 19.1. The summed E-state index contributed by atoms with van der Waals surface area (Å²) < 4.78 is 26.8. The Hall–Kier alpha value is -3.45. The molecule has 6 nitrogen and oxygen atoms in total. The van der Waals surface area contributed by atoms with Crippen molar-refractivity contribution in [3.05, 3.63) is 76.7 Å². The molecule has 4 atom stereocenters. The number of benzene rings is 2. The highest BCUT2D eigenvalue weighted by Crippen LogP contribution is 2.48. The first kappa shape index (κ1) is 27.1. The van der Waals surface area contributed by atoms with E-state index in [9.17, 15) is 14.3 Å². The Morgan fingerprint density at radius 3 is 2.54 bits per heavy atom. The van der Waals surface area contributed by atoms with Crippen LogP contribution in [0.25, 0.3) is 11.1 Å². The monoisotopic (exact) mass is 532 g/mol. The summed E-state index contributed by atoms with van der Waals surface area (Å²) in [5, 5.41) is 9.71. The molecule has 1 aliphatic heterocycles. The molecule has 2 heterocycles. The Balaban J connectivity index is 1.49. The predicted molar refractivity (Wildman–Crippen MR) is 149 cm³/mol. The minimum atomic E-state index is -0.755. The molecule has 39 heavy (non-hydrogen) atoms. The number of aromatic nitrogens is 1. The van der Waals surface area contributed by atoms with Crippen LogP contribution in [0.3, 0.4) is 0 Å². The highest BCUT2D eigenvalue weighted by atomic mass is 19.1. The topological polar surface area (TPSA) is 71.9 Å². The van der Waals surface area contributed by atoms with Crippen LogP contribution in [0.5, 0.6) is 11.6 Å². The Bertz CT molecular complexity index is 1370. The molecular weight excluding hydrogens is 495 g/mol. The minimum absolute atomic E-state index is 0.00384. The van der Waals surface area contributed by atoms with Crippen molar-refractivity contribution in [3.8, 4) is 22.8 Å². The number of fused-ring (bicyclic) bond motifs is 1. The van der Waals surface area contributed by atoms with E-state index in [1.54, 1.807) is 6.07 Å². The van der Waals surface area contributed by atoms with Gasteiger partial charge in [-0.1, -0.05) is 31.2 Å². The van der Waals surface area contributed by atoms with Crippen molar-refractivity contribution in [1.82, 2.24) is 9.88 Å². The third kappa shape index (κ3) is 5.50. The molecule has 206 valence electrons. The van der Waals surface area contributed by atoms with Crippen LogP contribution in [0.1, 0.15) is 73.4 Å². The molecule has 0 amide bonds. The Morgan fingerprint density at radius 1 is 1.10 bits per heavy atom. The van der Waals surface area contributed by atoms with Gasteiger partial charge in [-0.2, -0.15) is 0 Å². The van der Waals surface area contributed by atoms with Crippen LogP contribution < -0.4 is 9.47 Å². The maximum atomic E-state index is 14.9. The SMILES string of the molecule is COc1cc(-c2ccc([C@@H]3CCc4ccc([C@H](C5CC5)[C@H](C)C(=O)O)cc4O3)cc2[C@H](C)N(C)C)c(F)cn1. The van der Waals surface area contributed by atoms with Crippen LogP contribution in [-0.4, -0.2) is 42.2 Å². The zero-order chi connectivity index (χ0) is 27.8. The summed E-state index contributed by atoms with van der Waals surface area (Å²) in [4.78, 5) is 17.9. The first-order valence-electron chi connectivity index (χ1n) is 13.7.